The Labute approximate surface area is 205 Å². The first-order chi connectivity index (χ1) is 16.3. The molecule has 1 aliphatic carbocycles. The first kappa shape index (κ1) is 23.2. The second-order valence-corrected chi connectivity index (χ2v) is 12.1. The smallest absolute Gasteiger partial charge is 0.270 e. The zero-order valence-corrected chi connectivity index (χ0v) is 21.0. The van der Waals surface area contributed by atoms with Crippen LogP contribution in [0.25, 0.3) is 16.6 Å². The van der Waals surface area contributed by atoms with Crippen molar-refractivity contribution >= 4 is 49.7 Å². The lowest BCUT2D eigenvalue weighted by Crippen LogP contribution is -2.35. The molecule has 7 nitrogen and oxygen atoms in total. The molecule has 0 spiro atoms. The van der Waals surface area contributed by atoms with E-state index in [1.54, 1.807) is 30.1 Å². The maximum Gasteiger partial charge on any atom is 0.270 e. The highest BCUT2D eigenvalue weighted by molar-refractivity contribution is 8.00. The lowest BCUT2D eigenvalue weighted by Gasteiger charge is -2.30. The minimum atomic E-state index is -2.53. The van der Waals surface area contributed by atoms with Gasteiger partial charge in [0.25, 0.3) is 5.91 Å². The van der Waals surface area contributed by atoms with E-state index in [0.717, 1.165) is 48.2 Å². The minimum Gasteiger partial charge on any atom is -0.381 e. The summed E-state index contributed by atoms with van der Waals surface area (Å²) in [6.45, 7) is 2.01. The number of carbonyl (C=O) groups excluding carboxylic acids is 1. The van der Waals surface area contributed by atoms with Gasteiger partial charge in [0, 0.05) is 52.5 Å². The molecule has 1 aromatic heterocycles. The summed E-state index contributed by atoms with van der Waals surface area (Å²) < 4.78 is 22.5. The number of nitrogens with zero attached hydrogens (tertiary/aromatic N) is 3. The van der Waals surface area contributed by atoms with Crippen LogP contribution < -0.4 is 9.62 Å². The lowest BCUT2D eigenvalue weighted by atomic mass is 10.0. The third-order valence-corrected chi connectivity index (χ3v) is 8.06. The van der Waals surface area contributed by atoms with Gasteiger partial charge in [0.2, 0.25) is 0 Å². The van der Waals surface area contributed by atoms with Crippen molar-refractivity contribution in [1.29, 1.82) is 0 Å². The second-order valence-electron chi connectivity index (χ2n) is 9.27. The zero-order valence-electron chi connectivity index (χ0n) is 19.4. The molecule has 9 heteroatoms. The third-order valence-electron chi connectivity index (χ3n) is 6.53. The number of fused-ring (bicyclic) bond motifs is 1. The number of rotatable bonds is 7. The summed E-state index contributed by atoms with van der Waals surface area (Å²) in [6.07, 6.45) is 4.77. The Balaban J connectivity index is 1.71. The quantitative estimate of drug-likeness (QED) is 0.497. The van der Waals surface area contributed by atoms with Crippen LogP contribution in [0.5, 0.6) is 0 Å². The van der Waals surface area contributed by atoms with Crippen LogP contribution in [0.4, 0.5) is 5.69 Å². The number of carbonyl (C=O) groups is 1. The van der Waals surface area contributed by atoms with E-state index in [1.807, 2.05) is 22.5 Å². The molecule has 1 saturated heterocycles. The van der Waals surface area contributed by atoms with Crippen LogP contribution in [0, 0.1) is 5.92 Å². The maximum atomic E-state index is 13.4. The van der Waals surface area contributed by atoms with Gasteiger partial charge in [0.1, 0.15) is 5.69 Å². The maximum absolute atomic E-state index is 13.4. The standard InChI is InChI=1S/C25H29ClN4O3S/c1-27-25(31)24-21-12-20(17-4-5-17)23(29(34(2,3)32)14-16-10-11-33-15-16)13-22(21)28-30(24)19-8-6-18(26)7-9-19/h6-9,12-13,16-17H,2,4-5,10-11,14-15H2,1,3H3,(H,27,31). The summed E-state index contributed by atoms with van der Waals surface area (Å²) in [5.41, 5.74) is 3.88. The minimum absolute atomic E-state index is 0.219. The molecule has 1 saturated carbocycles. The summed E-state index contributed by atoms with van der Waals surface area (Å²) >= 11 is 6.08. The predicted octanol–water partition coefficient (Wildman–Crippen LogP) is 4.02. The fourth-order valence-electron chi connectivity index (χ4n) is 4.61. The van der Waals surface area contributed by atoms with Gasteiger partial charge in [-0.2, -0.15) is 5.10 Å². The Morgan fingerprint density at radius 2 is 2.03 bits per heavy atom. The molecule has 2 fully saturated rings. The average Bonchev–Trinajstić information content (AvgIpc) is 3.39. The predicted molar refractivity (Wildman–Crippen MR) is 139 cm³/mol. The lowest BCUT2D eigenvalue weighted by molar-refractivity contribution is 0.0957. The molecule has 2 atom stereocenters. The Morgan fingerprint density at radius 1 is 1.29 bits per heavy atom. The van der Waals surface area contributed by atoms with E-state index in [1.165, 1.54) is 0 Å². The van der Waals surface area contributed by atoms with Crippen LogP contribution in [-0.2, 0) is 14.4 Å². The topological polar surface area (TPSA) is 76.5 Å². The monoisotopic (exact) mass is 500 g/mol. The molecule has 2 aromatic carbocycles. The largest absolute Gasteiger partial charge is 0.381 e. The molecule has 0 radical (unpaired) electrons. The van der Waals surface area contributed by atoms with Crippen molar-refractivity contribution in [2.24, 2.45) is 5.92 Å². The van der Waals surface area contributed by atoms with Gasteiger partial charge in [-0.15, -0.1) is 0 Å². The van der Waals surface area contributed by atoms with Gasteiger partial charge in [-0.05, 0) is 73.0 Å². The van der Waals surface area contributed by atoms with Gasteiger partial charge in [-0.25, -0.2) is 8.89 Å². The van der Waals surface area contributed by atoms with Crippen LogP contribution in [0.3, 0.4) is 0 Å². The van der Waals surface area contributed by atoms with Crippen molar-refractivity contribution in [3.63, 3.8) is 0 Å². The van der Waals surface area contributed by atoms with Crippen molar-refractivity contribution in [3.05, 3.63) is 52.7 Å². The van der Waals surface area contributed by atoms with Crippen LogP contribution in [0.1, 0.15) is 41.2 Å². The number of aromatic nitrogens is 2. The number of amides is 1. The normalized spacial score (nSPS) is 19.8. The van der Waals surface area contributed by atoms with E-state index in [2.05, 4.69) is 17.3 Å². The number of nitrogens with one attached hydrogen (secondary N) is 1. The summed E-state index contributed by atoms with van der Waals surface area (Å²) in [6, 6.07) is 11.3. The molecule has 1 aliphatic heterocycles. The molecule has 2 unspecified atom stereocenters. The number of anilines is 1. The van der Waals surface area contributed by atoms with Crippen molar-refractivity contribution < 1.29 is 13.7 Å². The van der Waals surface area contributed by atoms with Gasteiger partial charge >= 0.3 is 0 Å². The summed E-state index contributed by atoms with van der Waals surface area (Å²) in [5, 5.41) is 8.94. The highest BCUT2D eigenvalue weighted by Crippen LogP contribution is 2.47. The van der Waals surface area contributed by atoms with Crippen molar-refractivity contribution in [3.8, 4) is 5.69 Å². The number of hydrogen-bond donors (Lipinski definition) is 1. The van der Waals surface area contributed by atoms with Gasteiger partial charge in [-0.1, -0.05) is 11.6 Å². The van der Waals surface area contributed by atoms with Crippen molar-refractivity contribution in [2.75, 3.05) is 37.4 Å². The summed E-state index contributed by atoms with van der Waals surface area (Å²) in [7, 11) is -0.919. The molecule has 34 heavy (non-hydrogen) atoms. The van der Waals surface area contributed by atoms with E-state index in [9.17, 15) is 9.00 Å². The second kappa shape index (κ2) is 8.91. The fourth-order valence-corrected chi connectivity index (χ4v) is 5.83. The molecule has 180 valence electrons. The average molecular weight is 501 g/mol. The molecular weight excluding hydrogens is 472 g/mol. The molecular formula is C25H29ClN4O3S. The fraction of sp³-hybridized carbons (Fsp3) is 0.400. The molecule has 3 aromatic rings. The van der Waals surface area contributed by atoms with E-state index >= 15 is 0 Å². The number of halogens is 1. The Bertz CT molecular complexity index is 1340. The van der Waals surface area contributed by atoms with Crippen LogP contribution in [-0.4, -0.2) is 58.8 Å². The van der Waals surface area contributed by atoms with E-state index in [-0.39, 0.29) is 5.91 Å². The van der Waals surface area contributed by atoms with Crippen LogP contribution in [0.2, 0.25) is 5.02 Å². The highest BCUT2D eigenvalue weighted by atomic mass is 35.5. The Morgan fingerprint density at radius 3 is 2.62 bits per heavy atom. The highest BCUT2D eigenvalue weighted by Gasteiger charge is 2.33. The van der Waals surface area contributed by atoms with Crippen molar-refractivity contribution in [1.82, 2.24) is 15.1 Å². The molecule has 2 heterocycles. The van der Waals surface area contributed by atoms with Crippen LogP contribution >= 0.6 is 11.6 Å². The number of benzene rings is 2. The molecule has 0 bridgehead atoms. The molecule has 1 amide bonds. The van der Waals surface area contributed by atoms with Gasteiger partial charge in [0.15, 0.2) is 0 Å². The SMILES string of the molecule is C=S(C)(=O)N(CC1CCOC1)c1cc2nn(-c3ccc(Cl)cc3)c(C(=O)NC)c2cc1C1CC1. The molecule has 1 N–H and O–H groups in total. The first-order valence-corrected chi connectivity index (χ1v) is 14.0. The van der Waals surface area contributed by atoms with E-state index < -0.39 is 9.71 Å². The van der Waals surface area contributed by atoms with Crippen molar-refractivity contribution in [2.45, 2.75) is 25.2 Å². The Hall–Kier alpha value is -2.55. The van der Waals surface area contributed by atoms with Gasteiger partial charge in [0.05, 0.1) is 23.5 Å². The van der Waals surface area contributed by atoms with Gasteiger partial charge in [-0.3, -0.25) is 9.10 Å². The molecule has 2 aliphatic rings. The summed E-state index contributed by atoms with van der Waals surface area (Å²) in [5.74, 6) is 4.48. The zero-order chi connectivity index (χ0) is 24.0. The first-order valence-electron chi connectivity index (χ1n) is 11.5. The van der Waals surface area contributed by atoms with E-state index in [4.69, 9.17) is 21.4 Å². The summed E-state index contributed by atoms with van der Waals surface area (Å²) in [4.78, 5) is 13.0. The van der Waals surface area contributed by atoms with Crippen LogP contribution in [0.15, 0.2) is 36.4 Å². The Kier molecular flexibility index (Phi) is 6.08. The number of hydrogen-bond acceptors (Lipinski definition) is 4. The third kappa shape index (κ3) is 4.42. The van der Waals surface area contributed by atoms with Gasteiger partial charge < -0.3 is 10.1 Å². The number of ether oxygens (including phenoxy) is 1. The molecule has 5 rings (SSSR count). The van der Waals surface area contributed by atoms with E-state index in [0.29, 0.717) is 41.2 Å².